The standard InChI is InChI=1S/C22H24N8O2/c1-4-29-18-19(26-21(29)27(2)11-10-23)28(3)22(32)30(20(18)31)13-15-8-9-16-14(12-24)6-5-7-17(16)25-15/h5-9H,4,10-11,13,23H2,1-3H3. The molecule has 0 aliphatic rings. The summed E-state index contributed by atoms with van der Waals surface area (Å²) in [5.41, 5.74) is 7.20. The number of fused-ring (bicyclic) bond motifs is 2. The number of nitriles is 1. The Morgan fingerprint density at radius 3 is 2.62 bits per heavy atom. The maximum Gasteiger partial charge on any atom is 0.332 e. The van der Waals surface area contributed by atoms with Crippen molar-refractivity contribution in [3.8, 4) is 6.07 Å². The van der Waals surface area contributed by atoms with E-state index in [2.05, 4.69) is 16.0 Å². The van der Waals surface area contributed by atoms with Gasteiger partial charge < -0.3 is 15.2 Å². The molecule has 3 heterocycles. The van der Waals surface area contributed by atoms with Gasteiger partial charge in [0, 0.05) is 39.1 Å². The number of likely N-dealkylation sites (N-methyl/N-ethyl adjacent to an activating group) is 1. The highest BCUT2D eigenvalue weighted by molar-refractivity contribution is 5.84. The van der Waals surface area contributed by atoms with Crippen molar-refractivity contribution in [2.24, 2.45) is 12.8 Å². The molecule has 0 unspecified atom stereocenters. The average Bonchev–Trinajstić information content (AvgIpc) is 3.20. The number of anilines is 1. The van der Waals surface area contributed by atoms with Gasteiger partial charge in [-0.3, -0.25) is 18.9 Å². The number of nitrogens with zero attached hydrogens (tertiary/aromatic N) is 7. The molecule has 0 saturated heterocycles. The molecule has 0 aliphatic carbocycles. The highest BCUT2D eigenvalue weighted by atomic mass is 16.2. The van der Waals surface area contributed by atoms with Gasteiger partial charge in [0.1, 0.15) is 0 Å². The van der Waals surface area contributed by atoms with E-state index >= 15 is 0 Å². The molecule has 1 aromatic carbocycles. The van der Waals surface area contributed by atoms with Crippen molar-refractivity contribution in [2.75, 3.05) is 25.0 Å². The van der Waals surface area contributed by atoms with E-state index in [0.717, 1.165) is 5.39 Å². The number of hydrogen-bond donors (Lipinski definition) is 1. The molecule has 3 aromatic heterocycles. The van der Waals surface area contributed by atoms with Crippen LogP contribution in [-0.4, -0.2) is 43.8 Å². The smallest absolute Gasteiger partial charge is 0.332 e. The van der Waals surface area contributed by atoms with Gasteiger partial charge in [0.2, 0.25) is 5.95 Å². The molecule has 2 N–H and O–H groups in total. The van der Waals surface area contributed by atoms with Crippen LogP contribution in [0.3, 0.4) is 0 Å². The highest BCUT2D eigenvalue weighted by Crippen LogP contribution is 2.19. The van der Waals surface area contributed by atoms with E-state index in [0.29, 0.717) is 53.5 Å². The Morgan fingerprint density at radius 2 is 1.94 bits per heavy atom. The number of aryl methyl sites for hydroxylation is 2. The zero-order valence-corrected chi connectivity index (χ0v) is 18.2. The second-order valence-electron chi connectivity index (χ2n) is 7.56. The molecular weight excluding hydrogens is 408 g/mol. The van der Waals surface area contributed by atoms with Crippen molar-refractivity contribution in [2.45, 2.75) is 20.0 Å². The molecule has 32 heavy (non-hydrogen) atoms. The molecule has 164 valence electrons. The van der Waals surface area contributed by atoms with E-state index < -0.39 is 11.2 Å². The summed E-state index contributed by atoms with van der Waals surface area (Å²) >= 11 is 0. The van der Waals surface area contributed by atoms with Crippen LogP contribution in [0.5, 0.6) is 0 Å². The topological polar surface area (TPSA) is 128 Å². The van der Waals surface area contributed by atoms with Crippen LogP contribution in [0.15, 0.2) is 39.9 Å². The molecule has 4 rings (SSSR count). The molecule has 0 radical (unpaired) electrons. The van der Waals surface area contributed by atoms with E-state index in [4.69, 9.17) is 5.73 Å². The molecule has 0 bridgehead atoms. The number of nitrogens with two attached hydrogens (primary N) is 1. The van der Waals surface area contributed by atoms with Crippen LogP contribution in [0.1, 0.15) is 18.2 Å². The van der Waals surface area contributed by atoms with E-state index in [-0.39, 0.29) is 6.54 Å². The summed E-state index contributed by atoms with van der Waals surface area (Å²) < 4.78 is 4.36. The molecule has 10 nitrogen and oxygen atoms in total. The fraction of sp³-hybridized carbons (Fsp3) is 0.318. The molecular formula is C22H24N8O2. The lowest BCUT2D eigenvalue weighted by atomic mass is 10.1. The van der Waals surface area contributed by atoms with E-state index in [1.807, 2.05) is 18.9 Å². The molecule has 4 aromatic rings. The third kappa shape index (κ3) is 3.33. The van der Waals surface area contributed by atoms with Crippen molar-refractivity contribution in [3.05, 3.63) is 62.4 Å². The summed E-state index contributed by atoms with van der Waals surface area (Å²) in [5, 5.41) is 10.0. The Balaban J connectivity index is 1.88. The van der Waals surface area contributed by atoms with Gasteiger partial charge in [-0.15, -0.1) is 0 Å². The van der Waals surface area contributed by atoms with E-state index in [1.54, 1.807) is 41.9 Å². The number of benzene rings is 1. The summed E-state index contributed by atoms with van der Waals surface area (Å²) in [4.78, 5) is 37.5. The third-order valence-electron chi connectivity index (χ3n) is 5.56. The Kier molecular flexibility index (Phi) is 5.50. The minimum Gasteiger partial charge on any atom is -0.344 e. The molecule has 0 saturated carbocycles. The zero-order chi connectivity index (χ0) is 23.0. The largest absolute Gasteiger partial charge is 0.344 e. The van der Waals surface area contributed by atoms with Crippen molar-refractivity contribution in [3.63, 3.8) is 0 Å². The summed E-state index contributed by atoms with van der Waals surface area (Å²) in [6, 6.07) is 11.0. The van der Waals surface area contributed by atoms with Crippen LogP contribution in [0, 0.1) is 11.3 Å². The summed E-state index contributed by atoms with van der Waals surface area (Å²) in [5.74, 6) is 0.589. The van der Waals surface area contributed by atoms with Gasteiger partial charge in [-0.25, -0.2) is 4.79 Å². The lowest BCUT2D eigenvalue weighted by molar-refractivity contribution is 0.644. The third-order valence-corrected chi connectivity index (χ3v) is 5.56. The van der Waals surface area contributed by atoms with Gasteiger partial charge in [-0.2, -0.15) is 10.2 Å². The Bertz CT molecular complexity index is 1490. The lowest BCUT2D eigenvalue weighted by Crippen LogP contribution is -2.40. The predicted molar refractivity (Wildman–Crippen MR) is 123 cm³/mol. The van der Waals surface area contributed by atoms with Crippen LogP contribution in [-0.2, 0) is 20.1 Å². The van der Waals surface area contributed by atoms with Crippen LogP contribution in [0.2, 0.25) is 0 Å². The van der Waals surface area contributed by atoms with Crippen LogP contribution in [0.4, 0.5) is 5.95 Å². The average molecular weight is 432 g/mol. The monoisotopic (exact) mass is 432 g/mol. The lowest BCUT2D eigenvalue weighted by Gasteiger charge is -2.17. The van der Waals surface area contributed by atoms with Crippen molar-refractivity contribution >= 4 is 28.0 Å². The molecule has 0 spiro atoms. The Hall–Kier alpha value is -3.97. The first kappa shape index (κ1) is 21.3. The Morgan fingerprint density at radius 1 is 1.16 bits per heavy atom. The second-order valence-corrected chi connectivity index (χ2v) is 7.56. The first-order valence-electron chi connectivity index (χ1n) is 10.3. The summed E-state index contributed by atoms with van der Waals surface area (Å²) in [7, 11) is 3.46. The zero-order valence-electron chi connectivity index (χ0n) is 18.2. The van der Waals surface area contributed by atoms with E-state index in [9.17, 15) is 14.9 Å². The molecule has 0 fully saturated rings. The summed E-state index contributed by atoms with van der Waals surface area (Å²) in [6.07, 6.45) is 0. The molecule has 0 atom stereocenters. The van der Waals surface area contributed by atoms with Gasteiger partial charge in [0.05, 0.1) is 29.4 Å². The number of rotatable bonds is 6. The van der Waals surface area contributed by atoms with Crippen LogP contribution < -0.4 is 21.9 Å². The normalized spacial score (nSPS) is 11.2. The van der Waals surface area contributed by atoms with Gasteiger partial charge in [0.15, 0.2) is 11.2 Å². The van der Waals surface area contributed by atoms with Crippen molar-refractivity contribution in [1.82, 2.24) is 23.7 Å². The number of imidazole rings is 1. The molecule has 0 amide bonds. The number of pyridine rings is 1. The van der Waals surface area contributed by atoms with Crippen molar-refractivity contribution in [1.29, 1.82) is 5.26 Å². The first-order chi connectivity index (χ1) is 15.4. The molecule has 10 heteroatoms. The number of aromatic nitrogens is 5. The van der Waals surface area contributed by atoms with Crippen LogP contribution >= 0.6 is 0 Å². The van der Waals surface area contributed by atoms with Gasteiger partial charge in [0.25, 0.3) is 5.56 Å². The first-order valence-corrected chi connectivity index (χ1v) is 10.3. The number of hydrogen-bond acceptors (Lipinski definition) is 7. The van der Waals surface area contributed by atoms with Gasteiger partial charge in [-0.1, -0.05) is 6.07 Å². The van der Waals surface area contributed by atoms with Gasteiger partial charge >= 0.3 is 5.69 Å². The maximum atomic E-state index is 13.4. The highest BCUT2D eigenvalue weighted by Gasteiger charge is 2.21. The SMILES string of the molecule is CCn1c(N(C)CCN)nc2c1c(=O)n(Cc1ccc3c(C#N)cccc3n1)c(=O)n2C. The Labute approximate surface area is 183 Å². The second kappa shape index (κ2) is 8.28. The quantitative estimate of drug-likeness (QED) is 0.477. The summed E-state index contributed by atoms with van der Waals surface area (Å²) in [6.45, 7) is 3.45. The van der Waals surface area contributed by atoms with E-state index in [1.165, 1.54) is 9.13 Å². The van der Waals surface area contributed by atoms with Gasteiger partial charge in [-0.05, 0) is 31.2 Å². The van der Waals surface area contributed by atoms with Crippen molar-refractivity contribution < 1.29 is 0 Å². The maximum absolute atomic E-state index is 13.4. The fourth-order valence-corrected chi connectivity index (χ4v) is 3.93. The fourth-order valence-electron chi connectivity index (χ4n) is 3.93. The minimum absolute atomic E-state index is 0.0109. The minimum atomic E-state index is -0.469. The predicted octanol–water partition coefficient (Wildman–Crippen LogP) is 0.780. The molecule has 0 aliphatic heterocycles. The van der Waals surface area contributed by atoms with Crippen LogP contribution in [0.25, 0.3) is 22.1 Å².